The van der Waals surface area contributed by atoms with Crippen molar-refractivity contribution in [1.82, 2.24) is 4.90 Å². The maximum absolute atomic E-state index is 12.9. The summed E-state index contributed by atoms with van der Waals surface area (Å²) in [6, 6.07) is 6.24. The number of piperidine rings is 1. The van der Waals surface area contributed by atoms with Crippen molar-refractivity contribution in [3.63, 3.8) is 0 Å². The molecule has 1 N–H and O–H groups in total. The predicted octanol–water partition coefficient (Wildman–Crippen LogP) is 1.91. The number of aliphatic hydroxyl groups is 1. The van der Waals surface area contributed by atoms with E-state index in [1.165, 1.54) is 12.1 Å². The normalized spacial score (nSPS) is 32.6. The maximum atomic E-state index is 12.9. The van der Waals surface area contributed by atoms with Gasteiger partial charge in [0, 0.05) is 18.5 Å². The molecule has 0 radical (unpaired) electrons. The third-order valence-corrected chi connectivity index (χ3v) is 4.67. The van der Waals surface area contributed by atoms with Gasteiger partial charge in [0.15, 0.2) is 0 Å². The van der Waals surface area contributed by atoms with Gasteiger partial charge in [-0.3, -0.25) is 9.69 Å². The van der Waals surface area contributed by atoms with E-state index in [0.29, 0.717) is 18.0 Å². The largest absolute Gasteiger partial charge is 0.388 e. The molecule has 2 fully saturated rings. The highest BCUT2D eigenvalue weighted by Gasteiger charge is 2.47. The third kappa shape index (κ3) is 2.09. The smallest absolute Gasteiger partial charge is 0.142 e. The molecule has 0 amide bonds. The van der Waals surface area contributed by atoms with Crippen LogP contribution >= 0.6 is 0 Å². The minimum atomic E-state index is -0.834. The van der Waals surface area contributed by atoms with Crippen molar-refractivity contribution >= 4 is 5.78 Å². The third-order valence-electron chi connectivity index (χ3n) is 4.67. The molecule has 1 aromatic carbocycles. The lowest BCUT2D eigenvalue weighted by atomic mass is 9.82. The second-order valence-corrected chi connectivity index (χ2v) is 5.66. The van der Waals surface area contributed by atoms with E-state index >= 15 is 0 Å². The summed E-state index contributed by atoms with van der Waals surface area (Å²) in [4.78, 5) is 14.4. The number of benzene rings is 1. The molecular formula is C15H18FNO2. The molecule has 2 aliphatic rings. The Kier molecular flexibility index (Phi) is 3.15. The Bertz CT molecular complexity index is 487. The molecule has 4 atom stereocenters. The first kappa shape index (κ1) is 12.8. The van der Waals surface area contributed by atoms with E-state index < -0.39 is 6.10 Å². The molecule has 4 heteroatoms. The Morgan fingerprint density at radius 2 is 2.00 bits per heavy atom. The van der Waals surface area contributed by atoms with Crippen molar-refractivity contribution < 1.29 is 14.3 Å². The van der Waals surface area contributed by atoms with E-state index in [2.05, 4.69) is 4.90 Å². The van der Waals surface area contributed by atoms with Crippen LogP contribution in [0.25, 0.3) is 0 Å². The number of fused-ring (bicyclic) bond motifs is 2. The Morgan fingerprint density at radius 1 is 1.32 bits per heavy atom. The molecule has 0 spiro atoms. The molecule has 2 saturated heterocycles. The van der Waals surface area contributed by atoms with E-state index in [1.807, 2.05) is 7.05 Å². The van der Waals surface area contributed by atoms with Gasteiger partial charge in [0.2, 0.25) is 0 Å². The van der Waals surface area contributed by atoms with Crippen LogP contribution in [0.4, 0.5) is 4.39 Å². The first-order chi connectivity index (χ1) is 9.08. The molecule has 1 aromatic rings. The van der Waals surface area contributed by atoms with E-state index in [-0.39, 0.29) is 23.6 Å². The monoisotopic (exact) mass is 263 g/mol. The topological polar surface area (TPSA) is 40.5 Å². The Balaban J connectivity index is 1.87. The first-order valence-corrected chi connectivity index (χ1v) is 6.76. The summed E-state index contributed by atoms with van der Waals surface area (Å²) in [6.45, 7) is 0. The number of halogens is 1. The number of Topliss-reactive ketones (excluding diaryl/α,β-unsaturated/α-hetero) is 1. The Labute approximate surface area is 112 Å². The molecule has 2 bridgehead atoms. The number of rotatable bonds is 2. The van der Waals surface area contributed by atoms with Crippen LogP contribution in [0, 0.1) is 11.7 Å². The average Bonchev–Trinajstić information content (AvgIpc) is 2.64. The molecule has 0 saturated carbocycles. The van der Waals surface area contributed by atoms with Gasteiger partial charge in [0.05, 0.1) is 12.0 Å². The van der Waals surface area contributed by atoms with Gasteiger partial charge in [0.25, 0.3) is 0 Å². The van der Waals surface area contributed by atoms with Crippen molar-refractivity contribution in [3.05, 3.63) is 35.6 Å². The van der Waals surface area contributed by atoms with Crippen molar-refractivity contribution in [3.8, 4) is 0 Å². The number of aliphatic hydroxyl groups excluding tert-OH is 1. The van der Waals surface area contributed by atoms with E-state index in [0.717, 1.165) is 12.8 Å². The van der Waals surface area contributed by atoms with Crippen LogP contribution in [-0.2, 0) is 4.79 Å². The summed E-state index contributed by atoms with van der Waals surface area (Å²) in [5.41, 5.74) is 0.624. The summed E-state index contributed by atoms with van der Waals surface area (Å²) < 4.78 is 12.9. The number of carbonyl (C=O) groups excluding carboxylic acids is 1. The van der Waals surface area contributed by atoms with Crippen molar-refractivity contribution in [2.24, 2.45) is 5.92 Å². The molecule has 3 nitrogen and oxygen atoms in total. The van der Waals surface area contributed by atoms with Crippen LogP contribution in [0.2, 0.25) is 0 Å². The van der Waals surface area contributed by atoms with Gasteiger partial charge in [-0.25, -0.2) is 4.39 Å². The fourth-order valence-electron chi connectivity index (χ4n) is 3.56. The minimum absolute atomic E-state index is 0.117. The SMILES string of the molecule is CN1[C@@H]2CC[C@H]1[C@H]([C@@H](O)c1ccc(F)cc1)C(=O)C2. The highest BCUT2D eigenvalue weighted by molar-refractivity contribution is 5.84. The summed E-state index contributed by atoms with van der Waals surface area (Å²) in [6.07, 6.45) is 1.67. The van der Waals surface area contributed by atoms with Gasteiger partial charge in [-0.15, -0.1) is 0 Å². The standard InChI is InChI=1S/C15H18FNO2/c1-17-11-6-7-12(17)14(13(18)8-11)15(19)9-2-4-10(16)5-3-9/h2-5,11-12,14-15,19H,6-8H2,1H3/t11-,12+,14+,15+/m1/s1. The number of nitrogens with zero attached hydrogens (tertiary/aromatic N) is 1. The van der Waals surface area contributed by atoms with E-state index in [4.69, 9.17) is 0 Å². The molecule has 0 aliphatic carbocycles. The van der Waals surface area contributed by atoms with Gasteiger partial charge in [0.1, 0.15) is 11.6 Å². The van der Waals surface area contributed by atoms with Gasteiger partial charge in [-0.1, -0.05) is 12.1 Å². The van der Waals surface area contributed by atoms with Crippen LogP contribution in [0.5, 0.6) is 0 Å². The number of hydrogen-bond acceptors (Lipinski definition) is 3. The Morgan fingerprint density at radius 3 is 2.68 bits per heavy atom. The van der Waals surface area contributed by atoms with Crippen LogP contribution in [0.1, 0.15) is 30.9 Å². The average molecular weight is 263 g/mol. The van der Waals surface area contributed by atoms with Crippen LogP contribution < -0.4 is 0 Å². The van der Waals surface area contributed by atoms with Crippen molar-refractivity contribution in [2.75, 3.05) is 7.05 Å². The fraction of sp³-hybridized carbons (Fsp3) is 0.533. The van der Waals surface area contributed by atoms with Gasteiger partial charge < -0.3 is 5.11 Å². The highest BCUT2D eigenvalue weighted by Crippen LogP contribution is 2.41. The summed E-state index contributed by atoms with van der Waals surface area (Å²) in [5.74, 6) is -0.569. The van der Waals surface area contributed by atoms with Crippen molar-refractivity contribution in [2.45, 2.75) is 37.5 Å². The molecular weight excluding hydrogens is 245 g/mol. The quantitative estimate of drug-likeness (QED) is 0.886. The van der Waals surface area contributed by atoms with Crippen LogP contribution in [0.3, 0.4) is 0 Å². The van der Waals surface area contributed by atoms with Crippen molar-refractivity contribution in [1.29, 1.82) is 0 Å². The molecule has 19 heavy (non-hydrogen) atoms. The molecule has 102 valence electrons. The number of hydrogen-bond donors (Lipinski definition) is 1. The molecule has 2 heterocycles. The second-order valence-electron chi connectivity index (χ2n) is 5.66. The lowest BCUT2D eigenvalue weighted by Crippen LogP contribution is -2.49. The Hall–Kier alpha value is -1.26. The molecule has 2 aliphatic heterocycles. The summed E-state index contributed by atoms with van der Waals surface area (Å²) in [7, 11) is 2.03. The van der Waals surface area contributed by atoms with Crippen LogP contribution in [0.15, 0.2) is 24.3 Å². The fourth-order valence-corrected chi connectivity index (χ4v) is 3.56. The van der Waals surface area contributed by atoms with Gasteiger partial charge in [-0.05, 0) is 37.6 Å². The second kappa shape index (κ2) is 4.69. The zero-order chi connectivity index (χ0) is 13.6. The lowest BCUT2D eigenvalue weighted by Gasteiger charge is -2.38. The maximum Gasteiger partial charge on any atom is 0.142 e. The van der Waals surface area contributed by atoms with Gasteiger partial charge >= 0.3 is 0 Å². The number of ketones is 1. The van der Waals surface area contributed by atoms with E-state index in [9.17, 15) is 14.3 Å². The van der Waals surface area contributed by atoms with Gasteiger partial charge in [-0.2, -0.15) is 0 Å². The predicted molar refractivity (Wildman–Crippen MR) is 69.0 cm³/mol. The first-order valence-electron chi connectivity index (χ1n) is 6.76. The lowest BCUT2D eigenvalue weighted by molar-refractivity contribution is -0.134. The molecule has 0 aromatic heterocycles. The summed E-state index contributed by atoms with van der Waals surface area (Å²) >= 11 is 0. The number of carbonyl (C=O) groups is 1. The molecule has 3 rings (SSSR count). The zero-order valence-electron chi connectivity index (χ0n) is 10.9. The molecule has 0 unspecified atom stereocenters. The van der Waals surface area contributed by atoms with E-state index in [1.54, 1.807) is 12.1 Å². The zero-order valence-corrected chi connectivity index (χ0v) is 10.9. The van der Waals surface area contributed by atoms with Crippen LogP contribution in [-0.4, -0.2) is 34.9 Å². The minimum Gasteiger partial charge on any atom is -0.388 e. The summed E-state index contributed by atoms with van der Waals surface area (Å²) in [5, 5.41) is 10.5. The highest BCUT2D eigenvalue weighted by atomic mass is 19.1.